The number of carbonyl (C=O) groups excluding carboxylic acids is 1. The summed E-state index contributed by atoms with van der Waals surface area (Å²) >= 11 is 1.26. The Balaban J connectivity index is 1.80. The third-order valence-electron chi connectivity index (χ3n) is 4.29. The van der Waals surface area contributed by atoms with Crippen molar-refractivity contribution in [3.05, 3.63) is 46.4 Å². The van der Waals surface area contributed by atoms with Crippen molar-refractivity contribution >= 4 is 34.4 Å². The van der Waals surface area contributed by atoms with E-state index >= 15 is 0 Å². The van der Waals surface area contributed by atoms with Crippen LogP contribution in [0.3, 0.4) is 0 Å². The number of nitrogens with zero attached hydrogens (tertiary/aromatic N) is 2. The normalized spacial score (nSPS) is 11.0. The van der Waals surface area contributed by atoms with Crippen LogP contribution in [0.25, 0.3) is 11.0 Å². The Morgan fingerprint density at radius 2 is 2.14 bits per heavy atom. The lowest BCUT2D eigenvalue weighted by molar-refractivity contribution is -0.113. The first-order valence-electron chi connectivity index (χ1n) is 9.19. The number of nitrogens with one attached hydrogen (secondary N) is 2. The molecular formula is C20H24N4O3S. The van der Waals surface area contributed by atoms with Crippen molar-refractivity contribution in [2.24, 2.45) is 0 Å². The molecule has 148 valence electrons. The van der Waals surface area contributed by atoms with Crippen LogP contribution in [0.5, 0.6) is 5.75 Å². The van der Waals surface area contributed by atoms with Crippen LogP contribution < -0.4 is 15.6 Å². The number of benzene rings is 1. The minimum atomic E-state index is -0.184. The molecule has 0 fully saturated rings. The van der Waals surface area contributed by atoms with Gasteiger partial charge in [0, 0.05) is 12.2 Å². The van der Waals surface area contributed by atoms with Crippen LogP contribution in [0.4, 0.5) is 5.69 Å². The number of aromatic nitrogens is 3. The van der Waals surface area contributed by atoms with Crippen LogP contribution in [0, 0.1) is 6.92 Å². The Morgan fingerprint density at radius 3 is 2.89 bits per heavy atom. The molecule has 1 aromatic carbocycles. The molecule has 2 aromatic heterocycles. The number of carbonyl (C=O) groups is 1. The lowest BCUT2D eigenvalue weighted by Gasteiger charge is -2.12. The molecule has 2 N–H and O–H groups in total. The zero-order valence-electron chi connectivity index (χ0n) is 16.2. The number of rotatable bonds is 8. The van der Waals surface area contributed by atoms with Crippen molar-refractivity contribution in [3.63, 3.8) is 0 Å². The Kier molecular flexibility index (Phi) is 6.41. The van der Waals surface area contributed by atoms with Crippen molar-refractivity contribution in [1.29, 1.82) is 0 Å². The highest BCUT2D eigenvalue weighted by molar-refractivity contribution is 7.99. The highest BCUT2D eigenvalue weighted by Gasteiger charge is 2.15. The number of amides is 1. The number of unbranched alkanes of at least 4 members (excludes halogenated alkanes) is 1. The van der Waals surface area contributed by atoms with E-state index in [-0.39, 0.29) is 17.2 Å². The number of hydrogen-bond acceptors (Lipinski definition) is 5. The van der Waals surface area contributed by atoms with Gasteiger partial charge in [-0.3, -0.25) is 14.2 Å². The summed E-state index contributed by atoms with van der Waals surface area (Å²) in [7, 11) is 1.56. The van der Waals surface area contributed by atoms with Crippen LogP contribution in [0.1, 0.15) is 25.5 Å². The second kappa shape index (κ2) is 8.97. The van der Waals surface area contributed by atoms with Gasteiger partial charge in [-0.1, -0.05) is 37.2 Å². The molecule has 8 heteroatoms. The van der Waals surface area contributed by atoms with E-state index in [1.165, 1.54) is 11.8 Å². The highest BCUT2D eigenvalue weighted by atomic mass is 32.2. The Morgan fingerprint density at radius 1 is 1.36 bits per heavy atom. The van der Waals surface area contributed by atoms with Crippen LogP contribution >= 0.6 is 11.8 Å². The second-order valence-corrected chi connectivity index (χ2v) is 7.40. The summed E-state index contributed by atoms with van der Waals surface area (Å²) in [6.07, 6.45) is 1.83. The van der Waals surface area contributed by atoms with E-state index in [1.54, 1.807) is 23.8 Å². The zero-order chi connectivity index (χ0) is 20.1. The maximum Gasteiger partial charge on any atom is 0.278 e. The minimum Gasteiger partial charge on any atom is -0.495 e. The summed E-state index contributed by atoms with van der Waals surface area (Å²) < 4.78 is 6.91. The summed E-state index contributed by atoms with van der Waals surface area (Å²) in [5, 5.41) is 3.40. The summed E-state index contributed by atoms with van der Waals surface area (Å²) in [4.78, 5) is 33.0. The standard InChI is InChI=1S/C20H24N4O3S/c1-4-5-10-24-19(26)18-15(11-13(2)21-18)23-20(24)28-12-17(25)22-14-8-6-7-9-16(14)27-3/h6-9,11,21H,4-5,10,12H2,1-3H3,(H,22,25). The van der Waals surface area contributed by atoms with E-state index in [9.17, 15) is 9.59 Å². The lowest BCUT2D eigenvalue weighted by atomic mass is 10.3. The van der Waals surface area contributed by atoms with Gasteiger partial charge >= 0.3 is 0 Å². The molecule has 0 saturated carbocycles. The van der Waals surface area contributed by atoms with Gasteiger partial charge in [0.05, 0.1) is 24.1 Å². The van der Waals surface area contributed by atoms with Crippen molar-refractivity contribution in [3.8, 4) is 5.75 Å². The molecule has 0 aliphatic heterocycles. The summed E-state index contributed by atoms with van der Waals surface area (Å²) in [6.45, 7) is 4.54. The van der Waals surface area contributed by atoms with Gasteiger partial charge in [0.2, 0.25) is 5.91 Å². The fourth-order valence-corrected chi connectivity index (χ4v) is 3.72. The number of hydrogen-bond donors (Lipinski definition) is 2. The molecule has 0 spiro atoms. The summed E-state index contributed by atoms with van der Waals surface area (Å²) in [5.41, 5.74) is 2.54. The van der Waals surface area contributed by atoms with Gasteiger partial charge in [-0.25, -0.2) is 4.98 Å². The molecule has 3 rings (SSSR count). The molecule has 0 unspecified atom stereocenters. The van der Waals surface area contributed by atoms with Crippen LogP contribution in [-0.4, -0.2) is 33.3 Å². The Labute approximate surface area is 167 Å². The van der Waals surface area contributed by atoms with E-state index in [0.717, 1.165) is 18.5 Å². The van der Waals surface area contributed by atoms with E-state index in [1.807, 2.05) is 25.1 Å². The van der Waals surface area contributed by atoms with Crippen LogP contribution in [-0.2, 0) is 11.3 Å². The first kappa shape index (κ1) is 20.0. The Bertz CT molecular complexity index is 1040. The highest BCUT2D eigenvalue weighted by Crippen LogP contribution is 2.24. The van der Waals surface area contributed by atoms with E-state index in [0.29, 0.717) is 34.2 Å². The van der Waals surface area contributed by atoms with E-state index in [4.69, 9.17) is 4.74 Å². The maximum absolute atomic E-state index is 12.8. The van der Waals surface area contributed by atoms with Crippen molar-refractivity contribution in [2.75, 3.05) is 18.2 Å². The maximum atomic E-state index is 12.8. The molecule has 1 amide bonds. The molecule has 0 aliphatic rings. The fourth-order valence-electron chi connectivity index (χ4n) is 2.90. The molecule has 3 aromatic rings. The van der Waals surface area contributed by atoms with Crippen molar-refractivity contribution in [1.82, 2.24) is 14.5 Å². The predicted octanol–water partition coefficient (Wildman–Crippen LogP) is 3.57. The van der Waals surface area contributed by atoms with E-state index < -0.39 is 0 Å². The van der Waals surface area contributed by atoms with Crippen LogP contribution in [0.2, 0.25) is 0 Å². The van der Waals surface area contributed by atoms with Gasteiger partial charge in [-0.05, 0) is 31.5 Å². The van der Waals surface area contributed by atoms with Crippen molar-refractivity contribution < 1.29 is 9.53 Å². The number of para-hydroxylation sites is 2. The third kappa shape index (κ3) is 4.39. The molecular weight excluding hydrogens is 376 g/mol. The monoisotopic (exact) mass is 400 g/mol. The smallest absolute Gasteiger partial charge is 0.278 e. The molecule has 28 heavy (non-hydrogen) atoms. The second-order valence-electron chi connectivity index (χ2n) is 6.45. The number of anilines is 1. The average Bonchev–Trinajstić information content (AvgIpc) is 3.07. The van der Waals surface area contributed by atoms with Gasteiger partial charge < -0.3 is 15.0 Å². The summed E-state index contributed by atoms with van der Waals surface area (Å²) in [6, 6.07) is 9.09. The van der Waals surface area contributed by atoms with Crippen molar-refractivity contribution in [2.45, 2.75) is 38.4 Å². The van der Waals surface area contributed by atoms with Crippen LogP contribution in [0.15, 0.2) is 40.3 Å². The molecule has 7 nitrogen and oxygen atoms in total. The minimum absolute atomic E-state index is 0.0980. The number of fused-ring (bicyclic) bond motifs is 1. The lowest BCUT2D eigenvalue weighted by Crippen LogP contribution is -2.24. The topological polar surface area (TPSA) is 89.0 Å². The number of thioether (sulfide) groups is 1. The first-order valence-corrected chi connectivity index (χ1v) is 10.2. The number of H-pyrrole nitrogens is 1. The average molecular weight is 401 g/mol. The predicted molar refractivity (Wildman–Crippen MR) is 112 cm³/mol. The first-order chi connectivity index (χ1) is 13.5. The summed E-state index contributed by atoms with van der Waals surface area (Å²) in [5.74, 6) is 0.560. The number of methoxy groups -OCH3 is 1. The number of ether oxygens (including phenoxy) is 1. The number of aromatic amines is 1. The van der Waals surface area contributed by atoms with Gasteiger partial charge in [-0.15, -0.1) is 0 Å². The van der Waals surface area contributed by atoms with Gasteiger partial charge in [0.15, 0.2) is 5.16 Å². The fraction of sp³-hybridized carbons (Fsp3) is 0.350. The molecule has 0 bridgehead atoms. The molecule has 0 atom stereocenters. The molecule has 0 saturated heterocycles. The third-order valence-corrected chi connectivity index (χ3v) is 5.26. The molecule has 2 heterocycles. The zero-order valence-corrected chi connectivity index (χ0v) is 17.1. The van der Waals surface area contributed by atoms with E-state index in [2.05, 4.69) is 22.2 Å². The quantitative estimate of drug-likeness (QED) is 0.446. The van der Waals surface area contributed by atoms with Gasteiger partial charge in [0.25, 0.3) is 5.56 Å². The van der Waals surface area contributed by atoms with Gasteiger partial charge in [0.1, 0.15) is 11.3 Å². The van der Waals surface area contributed by atoms with Gasteiger partial charge in [-0.2, -0.15) is 0 Å². The molecule has 0 aliphatic carbocycles. The molecule has 0 radical (unpaired) electrons. The Hall–Kier alpha value is -2.74. The number of aryl methyl sites for hydroxylation is 1. The largest absolute Gasteiger partial charge is 0.495 e. The SMILES string of the molecule is CCCCn1c(SCC(=O)Nc2ccccc2OC)nc2cc(C)[nH]c2c1=O.